The average molecular weight is 390 g/mol. The van der Waals surface area contributed by atoms with E-state index >= 15 is 0 Å². The number of nitrogens with one attached hydrogen (secondary N) is 1. The SMILES string of the molecule is O=C(N[C@H](Oc1ccccc1[N+](=O)[O-])C(Cl)(Cl)Cl)c1ccccc1. The molecule has 0 aliphatic rings. The summed E-state index contributed by atoms with van der Waals surface area (Å²) in [4.78, 5) is 22.6. The van der Waals surface area contributed by atoms with Crippen LogP contribution >= 0.6 is 34.8 Å². The largest absolute Gasteiger partial charge is 0.459 e. The number of halogens is 3. The first-order valence-electron chi connectivity index (χ1n) is 6.62. The molecule has 0 radical (unpaired) electrons. The summed E-state index contributed by atoms with van der Waals surface area (Å²) in [6.07, 6.45) is -1.43. The van der Waals surface area contributed by atoms with Gasteiger partial charge in [0.2, 0.25) is 10.0 Å². The summed E-state index contributed by atoms with van der Waals surface area (Å²) in [7, 11) is 0. The predicted molar refractivity (Wildman–Crippen MR) is 91.7 cm³/mol. The molecule has 24 heavy (non-hydrogen) atoms. The minimum atomic E-state index is -2.05. The third-order valence-electron chi connectivity index (χ3n) is 2.90. The van der Waals surface area contributed by atoms with E-state index in [0.29, 0.717) is 5.56 Å². The van der Waals surface area contributed by atoms with Crippen molar-refractivity contribution in [3.8, 4) is 5.75 Å². The van der Waals surface area contributed by atoms with E-state index in [4.69, 9.17) is 39.5 Å². The number of nitro groups is 1. The Morgan fingerprint density at radius 1 is 1.08 bits per heavy atom. The van der Waals surface area contributed by atoms with E-state index in [0.717, 1.165) is 0 Å². The van der Waals surface area contributed by atoms with Crippen LogP contribution in [0.25, 0.3) is 0 Å². The van der Waals surface area contributed by atoms with Gasteiger partial charge in [-0.2, -0.15) is 0 Å². The maximum absolute atomic E-state index is 12.2. The van der Waals surface area contributed by atoms with Crippen LogP contribution in [0.1, 0.15) is 10.4 Å². The number of hydrogen-bond donors (Lipinski definition) is 1. The van der Waals surface area contributed by atoms with Gasteiger partial charge in [0, 0.05) is 11.6 Å². The van der Waals surface area contributed by atoms with Gasteiger partial charge >= 0.3 is 5.69 Å². The minimum Gasteiger partial charge on any atom is -0.459 e. The van der Waals surface area contributed by atoms with Crippen molar-refractivity contribution >= 4 is 46.4 Å². The summed E-state index contributed by atoms with van der Waals surface area (Å²) < 4.78 is 3.35. The van der Waals surface area contributed by atoms with E-state index in [2.05, 4.69) is 5.32 Å². The van der Waals surface area contributed by atoms with Gasteiger partial charge in [0.25, 0.3) is 5.91 Å². The van der Waals surface area contributed by atoms with E-state index in [1.807, 2.05) is 0 Å². The van der Waals surface area contributed by atoms with Crippen LogP contribution in [-0.4, -0.2) is 20.9 Å². The monoisotopic (exact) mass is 388 g/mol. The molecule has 126 valence electrons. The molecule has 9 heteroatoms. The van der Waals surface area contributed by atoms with E-state index in [1.54, 1.807) is 30.3 Å². The number of benzene rings is 2. The van der Waals surface area contributed by atoms with Crippen LogP contribution in [0.3, 0.4) is 0 Å². The van der Waals surface area contributed by atoms with Crippen LogP contribution in [0.5, 0.6) is 5.75 Å². The lowest BCUT2D eigenvalue weighted by Gasteiger charge is -2.26. The zero-order valence-corrected chi connectivity index (χ0v) is 14.3. The lowest BCUT2D eigenvalue weighted by atomic mass is 10.2. The van der Waals surface area contributed by atoms with E-state index in [9.17, 15) is 14.9 Å². The fourth-order valence-corrected chi connectivity index (χ4v) is 2.10. The second-order valence-electron chi connectivity index (χ2n) is 4.60. The molecule has 0 aliphatic heterocycles. The summed E-state index contributed by atoms with van der Waals surface area (Å²) in [5, 5.41) is 13.4. The van der Waals surface area contributed by atoms with Crippen molar-refractivity contribution in [3.05, 3.63) is 70.3 Å². The van der Waals surface area contributed by atoms with Crippen LogP contribution in [-0.2, 0) is 0 Å². The Labute approximate surface area is 152 Å². The molecule has 0 fully saturated rings. The highest BCUT2D eigenvalue weighted by molar-refractivity contribution is 6.68. The van der Waals surface area contributed by atoms with Gasteiger partial charge in [-0.15, -0.1) is 0 Å². The van der Waals surface area contributed by atoms with Crippen LogP contribution in [0.15, 0.2) is 54.6 Å². The third-order valence-corrected chi connectivity index (χ3v) is 3.50. The van der Waals surface area contributed by atoms with Crippen LogP contribution in [0.2, 0.25) is 0 Å². The second kappa shape index (κ2) is 7.70. The Bertz CT molecular complexity index is 735. The zero-order valence-electron chi connectivity index (χ0n) is 12.0. The highest BCUT2D eigenvalue weighted by atomic mass is 35.6. The quantitative estimate of drug-likeness (QED) is 0.361. The topological polar surface area (TPSA) is 81.5 Å². The van der Waals surface area contributed by atoms with Crippen molar-refractivity contribution in [1.82, 2.24) is 5.32 Å². The molecule has 1 atom stereocenters. The number of rotatable bonds is 5. The summed E-state index contributed by atoms with van der Waals surface area (Å²) >= 11 is 17.5. The van der Waals surface area contributed by atoms with Crippen molar-refractivity contribution in [2.75, 3.05) is 0 Å². The standard InChI is InChI=1S/C15H11Cl3N2O4/c16-15(17,18)14(19-13(21)10-6-2-1-3-7-10)24-12-9-5-4-8-11(12)20(22)23/h1-9,14H,(H,19,21)/t14-/m1/s1. The van der Waals surface area contributed by atoms with Crippen molar-refractivity contribution in [1.29, 1.82) is 0 Å². The predicted octanol–water partition coefficient (Wildman–Crippen LogP) is 4.10. The molecule has 0 heterocycles. The van der Waals surface area contributed by atoms with Gasteiger partial charge in [0.15, 0.2) is 5.75 Å². The lowest BCUT2D eigenvalue weighted by Crippen LogP contribution is -2.47. The molecule has 1 N–H and O–H groups in total. The van der Waals surface area contributed by atoms with Crippen LogP contribution < -0.4 is 10.1 Å². The van der Waals surface area contributed by atoms with Gasteiger partial charge in [0.05, 0.1) is 4.92 Å². The molecule has 0 saturated carbocycles. The van der Waals surface area contributed by atoms with Crippen molar-refractivity contribution in [2.24, 2.45) is 0 Å². The smallest absolute Gasteiger partial charge is 0.311 e. The molecule has 0 spiro atoms. The van der Waals surface area contributed by atoms with Gasteiger partial charge in [-0.3, -0.25) is 14.9 Å². The van der Waals surface area contributed by atoms with Gasteiger partial charge in [-0.25, -0.2) is 0 Å². The Kier molecular flexibility index (Phi) is 5.88. The summed E-state index contributed by atoms with van der Waals surface area (Å²) in [6, 6.07) is 13.8. The Morgan fingerprint density at radius 2 is 1.67 bits per heavy atom. The van der Waals surface area contributed by atoms with Gasteiger partial charge in [-0.05, 0) is 18.2 Å². The molecule has 2 rings (SSSR count). The Morgan fingerprint density at radius 3 is 2.25 bits per heavy atom. The number of ether oxygens (including phenoxy) is 1. The Balaban J connectivity index is 2.25. The summed E-state index contributed by atoms with van der Waals surface area (Å²) in [6.45, 7) is 0. The molecule has 0 aromatic heterocycles. The van der Waals surface area contributed by atoms with Gasteiger partial charge < -0.3 is 10.1 Å². The van der Waals surface area contributed by atoms with Crippen molar-refractivity contribution in [3.63, 3.8) is 0 Å². The number of amides is 1. The molecule has 0 unspecified atom stereocenters. The number of carbonyl (C=O) groups excluding carboxylic acids is 1. The molecule has 2 aromatic carbocycles. The molecular weight excluding hydrogens is 379 g/mol. The molecule has 2 aromatic rings. The third kappa shape index (κ3) is 4.74. The molecule has 0 aliphatic carbocycles. The van der Waals surface area contributed by atoms with Crippen molar-refractivity contribution in [2.45, 2.75) is 10.0 Å². The fraction of sp³-hybridized carbons (Fsp3) is 0.133. The first-order valence-corrected chi connectivity index (χ1v) is 7.75. The number of para-hydroxylation sites is 2. The minimum absolute atomic E-state index is 0.132. The number of nitrogens with zero attached hydrogens (tertiary/aromatic N) is 1. The molecular formula is C15H11Cl3N2O4. The van der Waals surface area contributed by atoms with Crippen LogP contribution in [0, 0.1) is 10.1 Å². The second-order valence-corrected chi connectivity index (χ2v) is 6.97. The van der Waals surface area contributed by atoms with Gasteiger partial charge in [-0.1, -0.05) is 65.1 Å². The van der Waals surface area contributed by atoms with E-state index in [1.165, 1.54) is 24.3 Å². The van der Waals surface area contributed by atoms with E-state index in [-0.39, 0.29) is 11.4 Å². The van der Waals surface area contributed by atoms with Crippen molar-refractivity contribution < 1.29 is 14.5 Å². The highest BCUT2D eigenvalue weighted by Crippen LogP contribution is 2.35. The maximum Gasteiger partial charge on any atom is 0.311 e. The number of nitro benzene ring substituents is 1. The Hall–Kier alpha value is -2.02. The average Bonchev–Trinajstić information content (AvgIpc) is 2.54. The summed E-state index contributed by atoms with van der Waals surface area (Å²) in [5.41, 5.74) is 0.00798. The first kappa shape index (κ1) is 18.3. The molecule has 0 bridgehead atoms. The first-order chi connectivity index (χ1) is 11.3. The number of carbonyl (C=O) groups is 1. The van der Waals surface area contributed by atoms with E-state index < -0.39 is 20.9 Å². The lowest BCUT2D eigenvalue weighted by molar-refractivity contribution is -0.386. The highest BCUT2D eigenvalue weighted by Gasteiger charge is 2.37. The molecule has 6 nitrogen and oxygen atoms in total. The maximum atomic E-state index is 12.2. The van der Waals surface area contributed by atoms with Gasteiger partial charge in [0.1, 0.15) is 0 Å². The van der Waals surface area contributed by atoms with Crippen LogP contribution in [0.4, 0.5) is 5.69 Å². The molecule has 1 amide bonds. The fourth-order valence-electron chi connectivity index (χ4n) is 1.80. The molecule has 0 saturated heterocycles. The number of alkyl halides is 3. The normalized spacial score (nSPS) is 12.3. The number of hydrogen-bond acceptors (Lipinski definition) is 4. The zero-order chi connectivity index (χ0) is 17.7. The summed E-state index contributed by atoms with van der Waals surface area (Å²) in [5.74, 6) is -0.683.